The minimum absolute atomic E-state index is 0.00634. The van der Waals surface area contributed by atoms with Crippen molar-refractivity contribution in [3.63, 3.8) is 0 Å². The van der Waals surface area contributed by atoms with Gasteiger partial charge in [0.2, 0.25) is 11.8 Å². The maximum atomic E-state index is 12.0. The molecule has 1 aliphatic heterocycles. The summed E-state index contributed by atoms with van der Waals surface area (Å²) in [6, 6.07) is 17.1. The van der Waals surface area contributed by atoms with Gasteiger partial charge in [-0.25, -0.2) is 0 Å². The first-order valence-corrected chi connectivity index (χ1v) is 8.81. The second kappa shape index (κ2) is 8.30. The molecule has 0 radical (unpaired) electrons. The highest BCUT2D eigenvalue weighted by atomic mass is 16.2. The Bertz CT molecular complexity index is 820. The molecule has 1 aliphatic rings. The summed E-state index contributed by atoms with van der Waals surface area (Å²) in [5, 5.41) is 11.7. The Kier molecular flexibility index (Phi) is 5.65. The van der Waals surface area contributed by atoms with Crippen LogP contribution in [-0.4, -0.2) is 18.4 Å². The van der Waals surface area contributed by atoms with Crippen LogP contribution >= 0.6 is 0 Å². The Hall–Kier alpha value is -3.13. The van der Waals surface area contributed by atoms with Gasteiger partial charge in [-0.05, 0) is 48.2 Å². The van der Waals surface area contributed by atoms with Crippen molar-refractivity contribution in [3.05, 3.63) is 65.2 Å². The summed E-state index contributed by atoms with van der Waals surface area (Å²) in [6.07, 6.45) is 2.59. The topological polar surface area (TPSA) is 73.2 Å². The third-order valence-corrected chi connectivity index (χ3v) is 4.53. The molecule has 132 valence electrons. The molecule has 0 saturated carbocycles. The van der Waals surface area contributed by atoms with Crippen molar-refractivity contribution in [2.75, 3.05) is 11.4 Å². The molecule has 0 aliphatic carbocycles. The molecule has 2 aromatic rings. The number of nitrogens with zero attached hydrogens (tertiary/aromatic N) is 2. The number of nitriles is 1. The van der Waals surface area contributed by atoms with Gasteiger partial charge in [0.05, 0.1) is 11.6 Å². The van der Waals surface area contributed by atoms with E-state index in [4.69, 9.17) is 5.26 Å². The number of amides is 2. The van der Waals surface area contributed by atoms with Crippen LogP contribution in [0.25, 0.3) is 0 Å². The molecule has 5 nitrogen and oxygen atoms in total. The SMILES string of the molecule is N#Cc1ccc(CCC(=O)NCc2ccc(N3CCCC3=O)cc2)cc1. The highest BCUT2D eigenvalue weighted by Gasteiger charge is 2.21. The lowest BCUT2D eigenvalue weighted by atomic mass is 10.1. The summed E-state index contributed by atoms with van der Waals surface area (Å²) < 4.78 is 0. The van der Waals surface area contributed by atoms with E-state index in [1.54, 1.807) is 17.0 Å². The lowest BCUT2D eigenvalue weighted by Gasteiger charge is -2.16. The first kappa shape index (κ1) is 17.7. The van der Waals surface area contributed by atoms with Crippen molar-refractivity contribution in [2.24, 2.45) is 0 Å². The number of rotatable bonds is 6. The monoisotopic (exact) mass is 347 g/mol. The predicted molar refractivity (Wildman–Crippen MR) is 99.4 cm³/mol. The van der Waals surface area contributed by atoms with Crippen molar-refractivity contribution in [2.45, 2.75) is 32.2 Å². The van der Waals surface area contributed by atoms with Gasteiger partial charge in [0.1, 0.15) is 0 Å². The van der Waals surface area contributed by atoms with Gasteiger partial charge in [0, 0.05) is 31.6 Å². The Morgan fingerprint density at radius 2 is 1.77 bits per heavy atom. The van der Waals surface area contributed by atoms with Gasteiger partial charge in [-0.1, -0.05) is 24.3 Å². The quantitative estimate of drug-likeness (QED) is 0.873. The van der Waals surface area contributed by atoms with Crippen LogP contribution < -0.4 is 10.2 Å². The summed E-state index contributed by atoms with van der Waals surface area (Å²) in [5.41, 5.74) is 3.59. The van der Waals surface area contributed by atoms with E-state index < -0.39 is 0 Å². The highest BCUT2D eigenvalue weighted by molar-refractivity contribution is 5.95. The largest absolute Gasteiger partial charge is 0.352 e. The smallest absolute Gasteiger partial charge is 0.227 e. The minimum Gasteiger partial charge on any atom is -0.352 e. The zero-order chi connectivity index (χ0) is 18.4. The van der Waals surface area contributed by atoms with Gasteiger partial charge in [-0.15, -0.1) is 0 Å². The molecular weight excluding hydrogens is 326 g/mol. The molecule has 0 unspecified atom stereocenters. The number of hydrogen-bond donors (Lipinski definition) is 1. The van der Waals surface area contributed by atoms with Gasteiger partial charge < -0.3 is 10.2 Å². The van der Waals surface area contributed by atoms with Crippen LogP contribution in [0.1, 0.15) is 36.0 Å². The number of anilines is 1. The maximum absolute atomic E-state index is 12.0. The average Bonchev–Trinajstić information content (AvgIpc) is 3.11. The summed E-state index contributed by atoms with van der Waals surface area (Å²) in [7, 11) is 0. The fraction of sp³-hybridized carbons (Fsp3) is 0.286. The second-order valence-electron chi connectivity index (χ2n) is 6.40. The van der Waals surface area contributed by atoms with Gasteiger partial charge in [-0.2, -0.15) is 5.26 Å². The summed E-state index contributed by atoms with van der Waals surface area (Å²) in [4.78, 5) is 25.6. The van der Waals surface area contributed by atoms with Gasteiger partial charge >= 0.3 is 0 Å². The number of carbonyl (C=O) groups is 2. The normalized spacial score (nSPS) is 13.5. The molecule has 1 fully saturated rings. The Morgan fingerprint density at radius 1 is 1.08 bits per heavy atom. The predicted octanol–water partition coefficient (Wildman–Crippen LogP) is 2.93. The number of nitrogens with one attached hydrogen (secondary N) is 1. The van der Waals surface area contributed by atoms with E-state index >= 15 is 0 Å². The summed E-state index contributed by atoms with van der Waals surface area (Å²) >= 11 is 0. The highest BCUT2D eigenvalue weighted by Crippen LogP contribution is 2.21. The van der Waals surface area contributed by atoms with Crippen LogP contribution in [0.15, 0.2) is 48.5 Å². The van der Waals surface area contributed by atoms with E-state index in [2.05, 4.69) is 11.4 Å². The van der Waals surface area contributed by atoms with Crippen LogP contribution in [0.4, 0.5) is 5.69 Å². The zero-order valence-corrected chi connectivity index (χ0v) is 14.6. The van der Waals surface area contributed by atoms with E-state index in [0.717, 1.165) is 29.8 Å². The maximum Gasteiger partial charge on any atom is 0.227 e. The van der Waals surface area contributed by atoms with Crippen molar-refractivity contribution in [1.82, 2.24) is 5.32 Å². The third kappa shape index (κ3) is 4.48. The van der Waals surface area contributed by atoms with Crippen LogP contribution in [0.3, 0.4) is 0 Å². The molecule has 3 rings (SSSR count). The molecule has 1 heterocycles. The molecular formula is C21H21N3O2. The summed E-state index contributed by atoms with van der Waals surface area (Å²) in [5.74, 6) is 0.169. The number of aryl methyl sites for hydroxylation is 1. The van der Waals surface area contributed by atoms with Crippen molar-refractivity contribution < 1.29 is 9.59 Å². The fourth-order valence-corrected chi connectivity index (χ4v) is 3.01. The fourth-order valence-electron chi connectivity index (χ4n) is 3.01. The molecule has 1 saturated heterocycles. The minimum atomic E-state index is -0.00634. The lowest BCUT2D eigenvalue weighted by molar-refractivity contribution is -0.121. The van der Waals surface area contributed by atoms with E-state index in [1.807, 2.05) is 36.4 Å². The Labute approximate surface area is 153 Å². The van der Waals surface area contributed by atoms with Gasteiger partial charge in [0.15, 0.2) is 0 Å². The van der Waals surface area contributed by atoms with Crippen LogP contribution in [0.2, 0.25) is 0 Å². The van der Waals surface area contributed by atoms with Crippen molar-refractivity contribution in [3.8, 4) is 6.07 Å². The van der Waals surface area contributed by atoms with Gasteiger partial charge in [0.25, 0.3) is 0 Å². The second-order valence-corrected chi connectivity index (χ2v) is 6.40. The first-order valence-electron chi connectivity index (χ1n) is 8.81. The zero-order valence-electron chi connectivity index (χ0n) is 14.6. The van der Waals surface area contributed by atoms with Gasteiger partial charge in [-0.3, -0.25) is 9.59 Å². The molecule has 0 bridgehead atoms. The Morgan fingerprint density at radius 3 is 2.38 bits per heavy atom. The molecule has 1 N–H and O–H groups in total. The molecule has 2 amide bonds. The number of hydrogen-bond acceptors (Lipinski definition) is 3. The van der Waals surface area contributed by atoms with E-state index in [-0.39, 0.29) is 11.8 Å². The molecule has 26 heavy (non-hydrogen) atoms. The summed E-state index contributed by atoms with van der Waals surface area (Å²) in [6.45, 7) is 1.25. The molecule has 2 aromatic carbocycles. The van der Waals surface area contributed by atoms with Crippen LogP contribution in [0.5, 0.6) is 0 Å². The third-order valence-electron chi connectivity index (χ3n) is 4.53. The van der Waals surface area contributed by atoms with E-state index in [1.165, 1.54) is 0 Å². The molecule has 0 aromatic heterocycles. The van der Waals surface area contributed by atoms with E-state index in [9.17, 15) is 9.59 Å². The van der Waals surface area contributed by atoms with Crippen molar-refractivity contribution in [1.29, 1.82) is 5.26 Å². The first-order chi connectivity index (χ1) is 12.7. The number of benzene rings is 2. The standard InChI is InChI=1S/C21H21N3O2/c22-14-17-5-3-16(4-6-17)9-12-20(25)23-15-18-7-10-19(11-8-18)24-13-1-2-21(24)26/h3-8,10-11H,1-2,9,12-13,15H2,(H,23,25). The number of carbonyl (C=O) groups excluding carboxylic acids is 2. The molecule has 0 atom stereocenters. The lowest BCUT2D eigenvalue weighted by Crippen LogP contribution is -2.24. The van der Waals surface area contributed by atoms with Crippen LogP contribution in [-0.2, 0) is 22.6 Å². The van der Waals surface area contributed by atoms with Crippen LogP contribution in [0, 0.1) is 11.3 Å². The Balaban J connectivity index is 1.45. The molecule has 0 spiro atoms. The van der Waals surface area contributed by atoms with Crippen molar-refractivity contribution >= 4 is 17.5 Å². The molecule has 5 heteroatoms. The average molecular weight is 347 g/mol. The van der Waals surface area contributed by atoms with E-state index in [0.29, 0.717) is 31.4 Å².